The molecule has 0 radical (unpaired) electrons. The van der Waals surface area contributed by atoms with E-state index in [1.807, 2.05) is 0 Å². The Hall–Kier alpha value is -0.650. The third-order valence-electron chi connectivity index (χ3n) is 6.15. The molecule has 0 bridgehead atoms. The quantitative estimate of drug-likeness (QED) is 0.768. The van der Waals surface area contributed by atoms with E-state index in [4.69, 9.17) is 19.6 Å². The first-order chi connectivity index (χ1) is 11.0. The molecule has 23 heavy (non-hydrogen) atoms. The number of rotatable bonds is 2. The SMILES string of the molecule is C[C@@H]1CCCCC[C@@H](C)C12OOC1(CCC(CC(=O)O)CC1)O2. The van der Waals surface area contributed by atoms with E-state index in [1.54, 1.807) is 0 Å². The van der Waals surface area contributed by atoms with Crippen molar-refractivity contribution in [2.45, 2.75) is 89.6 Å². The summed E-state index contributed by atoms with van der Waals surface area (Å²) in [4.78, 5) is 22.6. The molecule has 0 amide bonds. The van der Waals surface area contributed by atoms with Crippen LogP contribution in [0.15, 0.2) is 0 Å². The number of ether oxygens (including phenoxy) is 1. The monoisotopic (exact) mass is 326 g/mol. The van der Waals surface area contributed by atoms with Crippen LogP contribution in [0.4, 0.5) is 0 Å². The molecule has 2 spiro atoms. The summed E-state index contributed by atoms with van der Waals surface area (Å²) in [5.41, 5.74) is 0. The number of carbonyl (C=O) groups is 1. The van der Waals surface area contributed by atoms with Crippen LogP contribution >= 0.6 is 0 Å². The number of carboxylic acid groups (broad SMARTS) is 1. The van der Waals surface area contributed by atoms with Crippen LogP contribution in [-0.4, -0.2) is 22.7 Å². The van der Waals surface area contributed by atoms with Crippen molar-refractivity contribution in [1.82, 2.24) is 0 Å². The number of hydrogen-bond donors (Lipinski definition) is 1. The van der Waals surface area contributed by atoms with Gasteiger partial charge < -0.3 is 9.84 Å². The average Bonchev–Trinajstić information content (AvgIpc) is 2.89. The van der Waals surface area contributed by atoms with Crippen LogP contribution in [0, 0.1) is 17.8 Å². The first-order valence-corrected chi connectivity index (χ1v) is 9.24. The highest BCUT2D eigenvalue weighted by Crippen LogP contribution is 2.52. The van der Waals surface area contributed by atoms with E-state index in [9.17, 15) is 4.79 Å². The summed E-state index contributed by atoms with van der Waals surface area (Å²) in [5.74, 6) is -1.14. The minimum absolute atomic E-state index is 0.231. The molecular formula is C18H30O5. The molecule has 5 nitrogen and oxygen atoms in total. The second-order valence-corrected chi connectivity index (χ2v) is 7.88. The molecule has 3 aliphatic rings. The van der Waals surface area contributed by atoms with Crippen LogP contribution in [-0.2, 0) is 19.3 Å². The summed E-state index contributed by atoms with van der Waals surface area (Å²) >= 11 is 0. The Morgan fingerprint density at radius 2 is 1.61 bits per heavy atom. The van der Waals surface area contributed by atoms with Gasteiger partial charge in [-0.15, -0.1) is 0 Å². The van der Waals surface area contributed by atoms with Gasteiger partial charge in [0.15, 0.2) is 0 Å². The van der Waals surface area contributed by atoms with Crippen molar-refractivity contribution in [3.8, 4) is 0 Å². The van der Waals surface area contributed by atoms with Gasteiger partial charge in [0.1, 0.15) is 0 Å². The Bertz CT molecular complexity index is 415. The Morgan fingerprint density at radius 3 is 2.17 bits per heavy atom. The normalized spacial score (nSPS) is 40.9. The van der Waals surface area contributed by atoms with Crippen molar-refractivity contribution in [3.63, 3.8) is 0 Å². The van der Waals surface area contributed by atoms with E-state index >= 15 is 0 Å². The zero-order valence-corrected chi connectivity index (χ0v) is 14.4. The molecular weight excluding hydrogens is 296 g/mol. The molecule has 1 saturated heterocycles. The van der Waals surface area contributed by atoms with Gasteiger partial charge in [0.2, 0.25) is 11.6 Å². The summed E-state index contributed by atoms with van der Waals surface area (Å²) in [6.45, 7) is 4.42. The Labute approximate surface area is 138 Å². The van der Waals surface area contributed by atoms with E-state index in [-0.39, 0.29) is 12.3 Å². The van der Waals surface area contributed by atoms with Crippen molar-refractivity contribution in [3.05, 3.63) is 0 Å². The molecule has 1 heterocycles. The van der Waals surface area contributed by atoms with E-state index in [0.29, 0.717) is 11.8 Å². The molecule has 2 atom stereocenters. The lowest BCUT2D eigenvalue weighted by Gasteiger charge is -2.40. The smallest absolute Gasteiger partial charge is 0.303 e. The van der Waals surface area contributed by atoms with Gasteiger partial charge >= 0.3 is 5.97 Å². The lowest BCUT2D eigenvalue weighted by atomic mass is 9.79. The van der Waals surface area contributed by atoms with Crippen LogP contribution in [0.25, 0.3) is 0 Å². The molecule has 1 N–H and O–H groups in total. The number of carboxylic acids is 1. The van der Waals surface area contributed by atoms with Gasteiger partial charge in [-0.25, -0.2) is 0 Å². The zero-order chi connectivity index (χ0) is 16.5. The molecule has 132 valence electrons. The fourth-order valence-corrected chi connectivity index (χ4v) is 4.55. The van der Waals surface area contributed by atoms with Gasteiger partial charge in [-0.1, -0.05) is 33.1 Å². The highest BCUT2D eigenvalue weighted by Gasteiger charge is 2.58. The van der Waals surface area contributed by atoms with Gasteiger partial charge in [0, 0.05) is 31.1 Å². The van der Waals surface area contributed by atoms with Crippen molar-refractivity contribution >= 4 is 5.97 Å². The van der Waals surface area contributed by atoms with Gasteiger partial charge in [-0.2, -0.15) is 9.78 Å². The molecule has 2 aliphatic carbocycles. The summed E-state index contributed by atoms with van der Waals surface area (Å²) in [6, 6.07) is 0. The van der Waals surface area contributed by atoms with Crippen molar-refractivity contribution < 1.29 is 24.4 Å². The van der Waals surface area contributed by atoms with Crippen LogP contribution in [0.1, 0.15) is 78.1 Å². The Morgan fingerprint density at radius 1 is 1.00 bits per heavy atom. The third-order valence-corrected chi connectivity index (χ3v) is 6.15. The number of hydrogen-bond acceptors (Lipinski definition) is 4. The second-order valence-electron chi connectivity index (χ2n) is 7.88. The Balaban J connectivity index is 1.68. The topological polar surface area (TPSA) is 65.0 Å². The van der Waals surface area contributed by atoms with E-state index < -0.39 is 17.5 Å². The van der Waals surface area contributed by atoms with Gasteiger partial charge in [0.25, 0.3) is 0 Å². The lowest BCUT2D eigenvalue weighted by molar-refractivity contribution is -0.372. The van der Waals surface area contributed by atoms with Crippen LogP contribution < -0.4 is 0 Å². The molecule has 3 rings (SSSR count). The zero-order valence-electron chi connectivity index (χ0n) is 14.4. The minimum Gasteiger partial charge on any atom is -0.481 e. The first-order valence-electron chi connectivity index (χ1n) is 9.24. The van der Waals surface area contributed by atoms with Crippen molar-refractivity contribution in [2.75, 3.05) is 0 Å². The summed E-state index contributed by atoms with van der Waals surface area (Å²) in [5, 5.41) is 8.96. The molecule has 3 fully saturated rings. The van der Waals surface area contributed by atoms with E-state index in [2.05, 4.69) is 13.8 Å². The summed E-state index contributed by atoms with van der Waals surface area (Å²) in [7, 11) is 0. The largest absolute Gasteiger partial charge is 0.481 e. The van der Waals surface area contributed by atoms with E-state index in [0.717, 1.165) is 38.5 Å². The molecule has 5 heteroatoms. The molecule has 0 aromatic heterocycles. The maximum Gasteiger partial charge on any atom is 0.303 e. The van der Waals surface area contributed by atoms with Crippen LogP contribution in [0.3, 0.4) is 0 Å². The highest BCUT2D eigenvalue weighted by molar-refractivity contribution is 5.67. The maximum absolute atomic E-state index is 10.9. The summed E-state index contributed by atoms with van der Waals surface area (Å²) in [6.07, 6.45) is 9.28. The molecule has 0 unspecified atom stereocenters. The first kappa shape index (κ1) is 17.2. The predicted molar refractivity (Wildman–Crippen MR) is 84.3 cm³/mol. The Kier molecular flexibility index (Phi) is 5.00. The number of aliphatic carboxylic acids is 1. The maximum atomic E-state index is 10.9. The predicted octanol–water partition coefficient (Wildman–Crippen LogP) is 4.26. The fraction of sp³-hybridized carbons (Fsp3) is 0.944. The van der Waals surface area contributed by atoms with Gasteiger partial charge in [-0.05, 0) is 31.6 Å². The average molecular weight is 326 g/mol. The third kappa shape index (κ3) is 3.42. The molecule has 0 aromatic carbocycles. The van der Waals surface area contributed by atoms with E-state index in [1.165, 1.54) is 19.3 Å². The van der Waals surface area contributed by atoms with Crippen LogP contribution in [0.2, 0.25) is 0 Å². The van der Waals surface area contributed by atoms with Crippen LogP contribution in [0.5, 0.6) is 0 Å². The molecule has 0 aromatic rings. The minimum atomic E-state index is -0.714. The summed E-state index contributed by atoms with van der Waals surface area (Å²) < 4.78 is 6.54. The molecule has 1 aliphatic heterocycles. The second kappa shape index (κ2) is 6.69. The fourth-order valence-electron chi connectivity index (χ4n) is 4.55. The lowest BCUT2D eigenvalue weighted by Crippen LogP contribution is -2.48. The van der Waals surface area contributed by atoms with Gasteiger partial charge in [0.05, 0.1) is 0 Å². The standard InChI is InChI=1S/C18H30O5/c1-13-6-4-3-5-7-14(2)18(13)21-17(22-23-18)10-8-15(9-11-17)12-16(19)20/h13-15H,3-12H2,1-2H3,(H,19,20)/t13-,14-,15?,17?/m1/s1. The highest BCUT2D eigenvalue weighted by atomic mass is 17.3. The van der Waals surface area contributed by atoms with Crippen molar-refractivity contribution in [2.24, 2.45) is 17.8 Å². The van der Waals surface area contributed by atoms with Gasteiger partial charge in [-0.3, -0.25) is 4.79 Å². The molecule has 2 saturated carbocycles. The van der Waals surface area contributed by atoms with Crippen molar-refractivity contribution in [1.29, 1.82) is 0 Å².